The number of hydrogen-bond donors (Lipinski definition) is 0. The molecule has 0 radical (unpaired) electrons. The zero-order chi connectivity index (χ0) is 22.8. The van der Waals surface area contributed by atoms with Gasteiger partial charge in [0.05, 0.1) is 5.52 Å². The van der Waals surface area contributed by atoms with Crippen molar-refractivity contribution in [2.75, 3.05) is 0 Å². The molecule has 34 heavy (non-hydrogen) atoms. The largest absolute Gasteiger partial charge is 0.456 e. The first-order chi connectivity index (χ1) is 16.7. The minimum atomic E-state index is 0.544. The lowest BCUT2D eigenvalue weighted by Crippen LogP contribution is -2.05. The Hall–Kier alpha value is -4.04. The molecule has 2 heteroatoms. The number of para-hydroxylation sites is 1. The van der Waals surface area contributed by atoms with Gasteiger partial charge in [-0.05, 0) is 90.6 Å². The predicted molar refractivity (Wildman–Crippen MR) is 143 cm³/mol. The van der Waals surface area contributed by atoms with E-state index in [1.165, 1.54) is 55.3 Å². The number of aryl methyl sites for hydroxylation is 1. The molecule has 0 saturated carbocycles. The van der Waals surface area contributed by atoms with Crippen molar-refractivity contribution >= 4 is 38.9 Å². The number of rotatable bonds is 2. The van der Waals surface area contributed by atoms with E-state index in [-0.39, 0.29) is 0 Å². The third-order valence-corrected chi connectivity index (χ3v) is 7.19. The highest BCUT2D eigenvalue weighted by Crippen LogP contribution is 2.38. The average molecular weight is 440 g/mol. The minimum absolute atomic E-state index is 0.544. The van der Waals surface area contributed by atoms with Gasteiger partial charge in [0.15, 0.2) is 0 Å². The predicted octanol–water partition coefficient (Wildman–Crippen LogP) is 8.71. The normalized spacial score (nSPS) is 15.4. The lowest BCUT2D eigenvalue weighted by molar-refractivity contribution is 0.669. The Labute approximate surface area is 198 Å². The molecule has 0 spiro atoms. The van der Waals surface area contributed by atoms with Crippen molar-refractivity contribution in [1.82, 2.24) is 4.57 Å². The molecule has 1 unspecified atom stereocenters. The van der Waals surface area contributed by atoms with Crippen LogP contribution >= 0.6 is 0 Å². The number of furan rings is 1. The molecule has 1 atom stereocenters. The zero-order valence-corrected chi connectivity index (χ0v) is 19.4. The van der Waals surface area contributed by atoms with E-state index in [1.54, 1.807) is 0 Å². The van der Waals surface area contributed by atoms with E-state index < -0.39 is 0 Å². The van der Waals surface area contributed by atoms with E-state index in [2.05, 4.69) is 115 Å². The number of aromatic nitrogens is 1. The van der Waals surface area contributed by atoms with Crippen LogP contribution in [0.4, 0.5) is 0 Å². The summed E-state index contributed by atoms with van der Waals surface area (Å²) in [5.41, 5.74) is 10.8. The van der Waals surface area contributed by atoms with Gasteiger partial charge in [-0.2, -0.15) is 0 Å². The Morgan fingerprint density at radius 1 is 0.765 bits per heavy atom. The second kappa shape index (κ2) is 7.23. The van der Waals surface area contributed by atoms with Gasteiger partial charge in [0.1, 0.15) is 11.2 Å². The Morgan fingerprint density at radius 3 is 2.29 bits per heavy atom. The Morgan fingerprint density at radius 2 is 1.47 bits per heavy atom. The zero-order valence-electron chi connectivity index (χ0n) is 19.4. The number of nitrogens with zero attached hydrogens (tertiary/aromatic N) is 1. The maximum atomic E-state index is 6.10. The van der Waals surface area contributed by atoms with Crippen LogP contribution in [0, 0.1) is 12.8 Å². The molecule has 0 aliphatic heterocycles. The molecule has 0 fully saturated rings. The van der Waals surface area contributed by atoms with Gasteiger partial charge in [-0.15, -0.1) is 0 Å². The molecule has 164 valence electrons. The number of benzene rings is 4. The first-order valence-corrected chi connectivity index (χ1v) is 12.0. The van der Waals surface area contributed by atoms with Crippen LogP contribution in [0.15, 0.2) is 95.4 Å². The van der Waals surface area contributed by atoms with Gasteiger partial charge < -0.3 is 8.98 Å². The monoisotopic (exact) mass is 439 g/mol. The smallest absolute Gasteiger partial charge is 0.135 e. The van der Waals surface area contributed by atoms with E-state index in [9.17, 15) is 0 Å². The lowest BCUT2D eigenvalue weighted by atomic mass is 9.92. The van der Waals surface area contributed by atoms with Crippen molar-refractivity contribution in [2.24, 2.45) is 5.92 Å². The number of fused-ring (bicyclic) bond motifs is 6. The van der Waals surface area contributed by atoms with Crippen LogP contribution < -0.4 is 0 Å². The molecule has 1 aliphatic carbocycles. The summed E-state index contributed by atoms with van der Waals surface area (Å²) in [5, 5.41) is 3.71. The summed E-state index contributed by atoms with van der Waals surface area (Å²) >= 11 is 0. The number of allylic oxidation sites excluding steroid dienone is 1. The highest BCUT2D eigenvalue weighted by Gasteiger charge is 2.21. The van der Waals surface area contributed by atoms with E-state index in [0.717, 1.165) is 17.6 Å². The minimum Gasteiger partial charge on any atom is -0.456 e. The summed E-state index contributed by atoms with van der Waals surface area (Å²) in [5.74, 6) is 0.544. The molecule has 1 aliphatic rings. The average Bonchev–Trinajstić information content (AvgIpc) is 3.38. The SMILES string of the molecule is Cc1ccc2oc3ccc(-c4ccc5c(c4)c4c(n5-c5ccccc5)C=CC(C)C4)cc3c2c1. The van der Waals surface area contributed by atoms with Crippen molar-refractivity contribution in [1.29, 1.82) is 0 Å². The third kappa shape index (κ3) is 2.88. The van der Waals surface area contributed by atoms with Gasteiger partial charge in [-0.1, -0.05) is 55.0 Å². The van der Waals surface area contributed by atoms with Crippen LogP contribution in [0.3, 0.4) is 0 Å². The molecule has 2 heterocycles. The van der Waals surface area contributed by atoms with Gasteiger partial charge in [0.2, 0.25) is 0 Å². The fourth-order valence-corrected chi connectivity index (χ4v) is 5.52. The summed E-state index contributed by atoms with van der Waals surface area (Å²) < 4.78 is 8.51. The van der Waals surface area contributed by atoms with Crippen LogP contribution in [-0.2, 0) is 6.42 Å². The maximum Gasteiger partial charge on any atom is 0.135 e. The Balaban J connectivity index is 1.45. The third-order valence-electron chi connectivity index (χ3n) is 7.19. The van der Waals surface area contributed by atoms with Crippen LogP contribution in [0.25, 0.3) is 55.7 Å². The molecule has 0 N–H and O–H groups in total. The highest BCUT2D eigenvalue weighted by molar-refractivity contribution is 6.07. The molecule has 0 bridgehead atoms. The molecule has 7 rings (SSSR count). The van der Waals surface area contributed by atoms with Crippen LogP contribution in [0.5, 0.6) is 0 Å². The van der Waals surface area contributed by atoms with Crippen molar-refractivity contribution in [3.05, 3.63) is 108 Å². The molecular formula is C32H25NO. The number of hydrogen-bond acceptors (Lipinski definition) is 1. The van der Waals surface area contributed by atoms with Gasteiger partial charge in [-0.3, -0.25) is 0 Å². The van der Waals surface area contributed by atoms with E-state index >= 15 is 0 Å². The fraction of sp³-hybridized carbons (Fsp3) is 0.125. The van der Waals surface area contributed by atoms with Crippen LogP contribution in [-0.4, -0.2) is 4.57 Å². The Bertz CT molecular complexity index is 1750. The highest BCUT2D eigenvalue weighted by atomic mass is 16.3. The van der Waals surface area contributed by atoms with Gasteiger partial charge >= 0.3 is 0 Å². The molecule has 2 aromatic heterocycles. The van der Waals surface area contributed by atoms with Crippen molar-refractivity contribution in [3.63, 3.8) is 0 Å². The summed E-state index contributed by atoms with van der Waals surface area (Å²) in [4.78, 5) is 0. The maximum absolute atomic E-state index is 6.10. The molecule has 6 aromatic rings. The fourth-order valence-electron chi connectivity index (χ4n) is 5.52. The van der Waals surface area contributed by atoms with Gasteiger partial charge in [0, 0.05) is 27.5 Å². The first-order valence-electron chi connectivity index (χ1n) is 12.0. The summed E-state index contributed by atoms with van der Waals surface area (Å²) in [6, 6.07) is 30.6. The van der Waals surface area contributed by atoms with Crippen LogP contribution in [0.2, 0.25) is 0 Å². The quantitative estimate of drug-likeness (QED) is 0.264. The molecule has 2 nitrogen and oxygen atoms in total. The first kappa shape index (κ1) is 19.4. The van der Waals surface area contributed by atoms with Crippen LogP contribution in [0.1, 0.15) is 23.7 Å². The van der Waals surface area contributed by atoms with Crippen molar-refractivity contribution in [2.45, 2.75) is 20.3 Å². The van der Waals surface area contributed by atoms with Gasteiger partial charge in [-0.25, -0.2) is 0 Å². The molecular weight excluding hydrogens is 414 g/mol. The van der Waals surface area contributed by atoms with E-state index in [1.807, 2.05) is 0 Å². The van der Waals surface area contributed by atoms with Crippen molar-refractivity contribution < 1.29 is 4.42 Å². The second-order valence-corrected chi connectivity index (χ2v) is 9.62. The van der Waals surface area contributed by atoms with Crippen molar-refractivity contribution in [3.8, 4) is 16.8 Å². The summed E-state index contributed by atoms with van der Waals surface area (Å²) in [6.45, 7) is 4.43. The molecule has 0 amide bonds. The standard InChI is InChI=1S/C32H25NO/c1-20-8-12-29-25(16-20)26-18-22(10-13-30(26)33(29)24-6-4-3-5-7-24)23-11-15-32-28(19-23)27-17-21(2)9-14-31(27)34-32/h3-15,17-20H,16H2,1-2H3. The van der Waals surface area contributed by atoms with Gasteiger partial charge in [0.25, 0.3) is 0 Å². The van der Waals surface area contributed by atoms with E-state index in [4.69, 9.17) is 4.42 Å². The summed E-state index contributed by atoms with van der Waals surface area (Å²) in [7, 11) is 0. The molecule has 0 saturated heterocycles. The topological polar surface area (TPSA) is 18.1 Å². The Kier molecular flexibility index (Phi) is 4.13. The van der Waals surface area contributed by atoms with E-state index in [0.29, 0.717) is 5.92 Å². The lowest BCUT2D eigenvalue weighted by Gasteiger charge is -2.15. The molecule has 4 aromatic carbocycles. The summed E-state index contributed by atoms with van der Waals surface area (Å²) in [6.07, 6.45) is 5.71. The second-order valence-electron chi connectivity index (χ2n) is 9.62.